The van der Waals surface area contributed by atoms with E-state index in [4.69, 9.17) is 10.5 Å². The number of nitrogens with zero attached hydrogens (tertiary/aromatic N) is 2. The van der Waals surface area contributed by atoms with Crippen molar-refractivity contribution in [3.05, 3.63) is 6.33 Å². The van der Waals surface area contributed by atoms with Crippen LogP contribution in [0.3, 0.4) is 0 Å². The van der Waals surface area contributed by atoms with Crippen molar-refractivity contribution in [2.75, 3.05) is 29.7 Å². The van der Waals surface area contributed by atoms with Crippen LogP contribution in [-0.2, 0) is 9.84 Å². The molecule has 7 nitrogen and oxygen atoms in total. The SMILES string of the molecule is COc1c(N)ncnc1NC1CCCS(=O)(=O)C1. The van der Waals surface area contributed by atoms with Gasteiger partial charge in [-0.15, -0.1) is 0 Å². The highest BCUT2D eigenvalue weighted by Crippen LogP contribution is 2.28. The van der Waals surface area contributed by atoms with Crippen LogP contribution >= 0.6 is 0 Å². The number of methoxy groups -OCH3 is 1. The summed E-state index contributed by atoms with van der Waals surface area (Å²) in [5.41, 5.74) is 5.66. The van der Waals surface area contributed by atoms with Crippen molar-refractivity contribution in [2.45, 2.75) is 18.9 Å². The zero-order chi connectivity index (χ0) is 13.2. The van der Waals surface area contributed by atoms with E-state index in [0.29, 0.717) is 18.0 Å². The molecule has 1 aromatic heterocycles. The molecule has 8 heteroatoms. The monoisotopic (exact) mass is 272 g/mol. The summed E-state index contributed by atoms with van der Waals surface area (Å²) in [5.74, 6) is 1.38. The maximum atomic E-state index is 11.5. The predicted molar refractivity (Wildman–Crippen MR) is 68.3 cm³/mol. The van der Waals surface area contributed by atoms with Crippen molar-refractivity contribution in [2.24, 2.45) is 0 Å². The van der Waals surface area contributed by atoms with E-state index < -0.39 is 9.84 Å². The fraction of sp³-hybridized carbons (Fsp3) is 0.600. The summed E-state index contributed by atoms with van der Waals surface area (Å²) in [5, 5.41) is 3.06. The van der Waals surface area contributed by atoms with E-state index in [1.165, 1.54) is 13.4 Å². The van der Waals surface area contributed by atoms with Gasteiger partial charge in [-0.25, -0.2) is 18.4 Å². The van der Waals surface area contributed by atoms with Gasteiger partial charge in [-0.3, -0.25) is 0 Å². The molecule has 1 unspecified atom stereocenters. The van der Waals surface area contributed by atoms with E-state index in [0.717, 1.165) is 6.42 Å². The molecule has 3 N–H and O–H groups in total. The molecule has 0 bridgehead atoms. The van der Waals surface area contributed by atoms with Crippen molar-refractivity contribution >= 4 is 21.5 Å². The molecule has 1 aliphatic heterocycles. The van der Waals surface area contributed by atoms with Crippen molar-refractivity contribution in [1.82, 2.24) is 9.97 Å². The average Bonchev–Trinajstić information content (AvgIpc) is 2.28. The van der Waals surface area contributed by atoms with Gasteiger partial charge in [0.05, 0.1) is 18.6 Å². The molecule has 1 atom stereocenters. The van der Waals surface area contributed by atoms with Crippen LogP contribution in [0.5, 0.6) is 5.75 Å². The molecule has 100 valence electrons. The van der Waals surface area contributed by atoms with Crippen molar-refractivity contribution in [1.29, 1.82) is 0 Å². The predicted octanol–water partition coefficient (Wildman–Crippen LogP) is 0.0565. The summed E-state index contributed by atoms with van der Waals surface area (Å²) in [4.78, 5) is 7.85. The molecule has 0 saturated carbocycles. The number of sulfone groups is 1. The van der Waals surface area contributed by atoms with Gasteiger partial charge in [0.1, 0.15) is 6.33 Å². The van der Waals surface area contributed by atoms with E-state index in [1.807, 2.05) is 0 Å². The number of nitrogens with one attached hydrogen (secondary N) is 1. The van der Waals surface area contributed by atoms with Gasteiger partial charge < -0.3 is 15.8 Å². The molecule has 1 aromatic rings. The third kappa shape index (κ3) is 2.81. The lowest BCUT2D eigenvalue weighted by Gasteiger charge is -2.24. The molecule has 2 rings (SSSR count). The largest absolute Gasteiger partial charge is 0.490 e. The highest BCUT2D eigenvalue weighted by Gasteiger charge is 2.26. The topological polar surface area (TPSA) is 107 Å². The second-order valence-corrected chi connectivity index (χ2v) is 6.47. The van der Waals surface area contributed by atoms with Crippen molar-refractivity contribution < 1.29 is 13.2 Å². The molecule has 1 fully saturated rings. The molecule has 0 radical (unpaired) electrons. The van der Waals surface area contributed by atoms with Crippen LogP contribution in [0.1, 0.15) is 12.8 Å². The van der Waals surface area contributed by atoms with Crippen LogP contribution < -0.4 is 15.8 Å². The Hall–Kier alpha value is -1.57. The number of nitrogens with two attached hydrogens (primary N) is 1. The van der Waals surface area contributed by atoms with Crippen LogP contribution in [0, 0.1) is 0 Å². The average molecular weight is 272 g/mol. The minimum atomic E-state index is -2.96. The lowest BCUT2D eigenvalue weighted by Crippen LogP contribution is -2.35. The molecular weight excluding hydrogens is 256 g/mol. The van der Waals surface area contributed by atoms with Gasteiger partial charge >= 0.3 is 0 Å². The molecule has 0 amide bonds. The molecule has 0 spiro atoms. The highest BCUT2D eigenvalue weighted by atomic mass is 32.2. The molecule has 18 heavy (non-hydrogen) atoms. The Balaban J connectivity index is 2.17. The number of nitrogen functional groups attached to an aromatic ring is 1. The van der Waals surface area contributed by atoms with E-state index in [2.05, 4.69) is 15.3 Å². The number of aromatic nitrogens is 2. The number of hydrogen-bond acceptors (Lipinski definition) is 7. The highest BCUT2D eigenvalue weighted by molar-refractivity contribution is 7.91. The normalized spacial score (nSPS) is 22.4. The van der Waals surface area contributed by atoms with E-state index >= 15 is 0 Å². The van der Waals surface area contributed by atoms with Gasteiger partial charge in [0.2, 0.25) is 5.75 Å². The third-order valence-electron chi connectivity index (χ3n) is 2.84. The second-order valence-electron chi connectivity index (χ2n) is 4.24. The zero-order valence-corrected chi connectivity index (χ0v) is 10.9. The van der Waals surface area contributed by atoms with E-state index in [9.17, 15) is 8.42 Å². The fourth-order valence-electron chi connectivity index (χ4n) is 2.02. The van der Waals surface area contributed by atoms with Gasteiger partial charge in [0.15, 0.2) is 21.5 Å². The molecule has 0 aromatic carbocycles. The number of rotatable bonds is 3. The first-order chi connectivity index (χ1) is 8.52. The van der Waals surface area contributed by atoms with Gasteiger partial charge in [-0.1, -0.05) is 0 Å². The third-order valence-corrected chi connectivity index (χ3v) is 4.66. The summed E-state index contributed by atoms with van der Waals surface area (Å²) in [6.45, 7) is 0. The Bertz CT molecular complexity index is 532. The van der Waals surface area contributed by atoms with Crippen LogP contribution in [0.25, 0.3) is 0 Å². The summed E-state index contributed by atoms with van der Waals surface area (Å²) in [6, 6.07) is -0.160. The molecule has 1 saturated heterocycles. The Morgan fingerprint density at radius 1 is 1.50 bits per heavy atom. The number of anilines is 2. The standard InChI is InChI=1S/C10H16N4O3S/c1-17-8-9(11)12-6-13-10(8)14-7-3-2-4-18(15,16)5-7/h6-7H,2-5H2,1H3,(H3,11,12,13,14). The first kappa shape index (κ1) is 12.9. The maximum Gasteiger partial charge on any atom is 0.203 e. The first-order valence-electron chi connectivity index (χ1n) is 5.63. The summed E-state index contributed by atoms with van der Waals surface area (Å²) >= 11 is 0. The molecular formula is C10H16N4O3S. The summed E-state index contributed by atoms with van der Waals surface area (Å²) < 4.78 is 28.2. The maximum absolute atomic E-state index is 11.5. The quantitative estimate of drug-likeness (QED) is 0.800. The van der Waals surface area contributed by atoms with Crippen molar-refractivity contribution in [3.63, 3.8) is 0 Å². The Labute approximate surface area is 106 Å². The minimum Gasteiger partial charge on any atom is -0.490 e. The van der Waals surface area contributed by atoms with Crippen LogP contribution in [0.2, 0.25) is 0 Å². The van der Waals surface area contributed by atoms with E-state index in [-0.39, 0.29) is 23.4 Å². The van der Waals surface area contributed by atoms with Gasteiger partial charge in [0, 0.05) is 6.04 Å². The fourth-order valence-corrected chi connectivity index (χ4v) is 3.66. The van der Waals surface area contributed by atoms with Gasteiger partial charge in [0.25, 0.3) is 0 Å². The van der Waals surface area contributed by atoms with Crippen LogP contribution in [-0.4, -0.2) is 43.0 Å². The van der Waals surface area contributed by atoms with Gasteiger partial charge in [-0.05, 0) is 12.8 Å². The van der Waals surface area contributed by atoms with Crippen molar-refractivity contribution in [3.8, 4) is 5.75 Å². The summed E-state index contributed by atoms with van der Waals surface area (Å²) in [6.07, 6.45) is 2.76. The van der Waals surface area contributed by atoms with E-state index in [1.54, 1.807) is 0 Å². The molecule has 2 heterocycles. The molecule has 1 aliphatic rings. The second kappa shape index (κ2) is 4.97. The zero-order valence-electron chi connectivity index (χ0n) is 10.1. The molecule has 0 aliphatic carbocycles. The Kier molecular flexibility index (Phi) is 3.55. The van der Waals surface area contributed by atoms with Crippen LogP contribution in [0.4, 0.5) is 11.6 Å². The van der Waals surface area contributed by atoms with Gasteiger partial charge in [-0.2, -0.15) is 0 Å². The Morgan fingerprint density at radius 2 is 2.28 bits per heavy atom. The minimum absolute atomic E-state index is 0.111. The number of hydrogen-bond donors (Lipinski definition) is 2. The lowest BCUT2D eigenvalue weighted by molar-refractivity contribution is 0.414. The summed E-state index contributed by atoms with van der Waals surface area (Å²) in [7, 11) is -1.49. The smallest absolute Gasteiger partial charge is 0.203 e. The lowest BCUT2D eigenvalue weighted by atomic mass is 10.2. The van der Waals surface area contributed by atoms with Crippen LogP contribution in [0.15, 0.2) is 6.33 Å². The number of ether oxygens (including phenoxy) is 1. The first-order valence-corrected chi connectivity index (χ1v) is 7.45. The Morgan fingerprint density at radius 3 is 2.94 bits per heavy atom.